The molecule has 3 aromatic rings. The van der Waals surface area contributed by atoms with Crippen LogP contribution in [0.25, 0.3) is 0 Å². The van der Waals surface area contributed by atoms with E-state index in [-0.39, 0.29) is 43.1 Å². The van der Waals surface area contributed by atoms with Crippen molar-refractivity contribution in [2.45, 2.75) is 56.8 Å². The minimum absolute atomic E-state index is 0.0888. The lowest BCUT2D eigenvalue weighted by Gasteiger charge is -2.48. The second kappa shape index (κ2) is 11.8. The number of fused-ring (bicyclic) bond motifs is 1. The number of methoxy groups -OCH3 is 1. The summed E-state index contributed by atoms with van der Waals surface area (Å²) < 4.78 is 90.1. The molecule has 0 bridgehead atoms. The van der Waals surface area contributed by atoms with Crippen molar-refractivity contribution < 1.29 is 35.9 Å². The van der Waals surface area contributed by atoms with Crippen molar-refractivity contribution in [3.05, 3.63) is 100 Å². The number of carbonyl (C=O) groups is 1. The number of benzene rings is 3. The lowest BCUT2D eigenvalue weighted by atomic mass is 9.77. The Hall–Kier alpha value is -3.57. The van der Waals surface area contributed by atoms with Gasteiger partial charge in [-0.05, 0) is 60.7 Å². The van der Waals surface area contributed by atoms with Crippen LogP contribution in [0.1, 0.15) is 53.1 Å². The van der Waals surface area contributed by atoms with E-state index in [1.54, 1.807) is 30.0 Å². The summed E-state index contributed by atoms with van der Waals surface area (Å²) in [5.41, 5.74) is -2.78. The molecule has 2 heterocycles. The van der Waals surface area contributed by atoms with E-state index in [0.717, 1.165) is 13.1 Å². The highest BCUT2D eigenvalue weighted by molar-refractivity contribution is 5.92. The monoisotopic (exact) mass is 605 g/mol. The number of piperidine rings is 1. The largest absolute Gasteiger partial charge is 0.496 e. The van der Waals surface area contributed by atoms with E-state index in [4.69, 9.17) is 4.74 Å². The summed E-state index contributed by atoms with van der Waals surface area (Å²) >= 11 is 0. The minimum Gasteiger partial charge on any atom is -0.496 e. The smallest absolute Gasteiger partial charge is 0.416 e. The third-order valence-electron chi connectivity index (χ3n) is 8.49. The summed E-state index contributed by atoms with van der Waals surface area (Å²) in [7, 11) is 1.35. The third kappa shape index (κ3) is 5.84. The number of alkyl halides is 6. The Morgan fingerprint density at radius 2 is 1.35 bits per heavy atom. The first-order valence-corrected chi connectivity index (χ1v) is 14.2. The maximum absolute atomic E-state index is 14.3. The van der Waals surface area contributed by atoms with Crippen LogP contribution < -0.4 is 10.1 Å². The topological polar surface area (TPSA) is 44.8 Å². The average Bonchev–Trinajstić information content (AvgIpc) is 3.42. The van der Waals surface area contributed by atoms with Crippen molar-refractivity contribution in [3.63, 3.8) is 0 Å². The second-order valence-corrected chi connectivity index (χ2v) is 11.0. The van der Waals surface area contributed by atoms with E-state index in [1.807, 2.05) is 12.1 Å². The minimum atomic E-state index is -5.08. The molecule has 1 unspecified atom stereocenters. The number of amides is 1. The van der Waals surface area contributed by atoms with Crippen molar-refractivity contribution in [1.29, 1.82) is 0 Å². The lowest BCUT2D eigenvalue weighted by molar-refractivity contribution is -0.144. The van der Waals surface area contributed by atoms with Crippen LogP contribution in [0.3, 0.4) is 0 Å². The summed E-state index contributed by atoms with van der Waals surface area (Å²) in [4.78, 5) is 18.3. The van der Waals surface area contributed by atoms with Crippen LogP contribution in [0.4, 0.5) is 26.3 Å². The molecule has 2 aliphatic heterocycles. The molecule has 0 aromatic heterocycles. The predicted octanol–water partition coefficient (Wildman–Crippen LogP) is 6.59. The highest BCUT2D eigenvalue weighted by Gasteiger charge is 2.52. The van der Waals surface area contributed by atoms with Crippen molar-refractivity contribution >= 4 is 5.91 Å². The van der Waals surface area contributed by atoms with Gasteiger partial charge in [-0.2, -0.15) is 26.3 Å². The molecule has 1 atom stereocenters. The van der Waals surface area contributed by atoms with E-state index < -0.39 is 40.5 Å². The molecule has 11 heteroatoms. The predicted molar refractivity (Wildman–Crippen MR) is 149 cm³/mol. The normalized spacial score (nSPS) is 18.2. The zero-order valence-corrected chi connectivity index (χ0v) is 23.9. The first kappa shape index (κ1) is 30.9. The van der Waals surface area contributed by atoms with Crippen LogP contribution in [-0.2, 0) is 35.8 Å². The highest BCUT2D eigenvalue weighted by Crippen LogP contribution is 2.46. The number of likely N-dealkylation sites (N-methyl/N-ethyl adjacent to an activating group) is 1. The van der Waals surface area contributed by atoms with Crippen LogP contribution in [0, 0.1) is 0 Å². The first-order chi connectivity index (χ1) is 20.4. The summed E-state index contributed by atoms with van der Waals surface area (Å²) in [6.45, 7) is 3.79. The number of nitrogens with zero attached hydrogens (tertiary/aromatic N) is 2. The molecule has 1 N–H and O–H groups in total. The molecule has 1 saturated heterocycles. The number of hydrogen-bond acceptors (Lipinski definition) is 4. The molecular weight excluding hydrogens is 572 g/mol. The molecule has 43 heavy (non-hydrogen) atoms. The Morgan fingerprint density at radius 1 is 0.837 bits per heavy atom. The summed E-state index contributed by atoms with van der Waals surface area (Å²) in [5.74, 6) is -0.546. The molecule has 0 saturated carbocycles. The zero-order valence-electron chi connectivity index (χ0n) is 23.9. The molecule has 3 aromatic carbocycles. The average molecular weight is 606 g/mol. The lowest BCUT2D eigenvalue weighted by Crippen LogP contribution is -2.60. The van der Waals surface area contributed by atoms with Crippen molar-refractivity contribution in [2.75, 3.05) is 26.7 Å². The van der Waals surface area contributed by atoms with Crippen molar-refractivity contribution in [2.24, 2.45) is 0 Å². The highest BCUT2D eigenvalue weighted by atomic mass is 19.4. The van der Waals surface area contributed by atoms with Crippen LogP contribution in [0.15, 0.2) is 66.7 Å². The fraction of sp³-hybridized carbons (Fsp3) is 0.406. The van der Waals surface area contributed by atoms with E-state index in [1.165, 1.54) is 24.3 Å². The number of halogens is 6. The summed E-state index contributed by atoms with van der Waals surface area (Å²) in [5, 5.41) is 2.72. The van der Waals surface area contributed by atoms with Crippen molar-refractivity contribution in [3.8, 4) is 5.75 Å². The fourth-order valence-electron chi connectivity index (χ4n) is 6.49. The molecular formula is C32H33F6N3O2. The molecule has 0 radical (unpaired) electrons. The van der Waals surface area contributed by atoms with Gasteiger partial charge in [-0.25, -0.2) is 0 Å². The Labute approximate surface area is 246 Å². The Kier molecular flexibility index (Phi) is 8.50. The number of hydrogen-bond donors (Lipinski definition) is 1. The van der Waals surface area contributed by atoms with Crippen LogP contribution in [0.5, 0.6) is 5.75 Å². The van der Waals surface area contributed by atoms with Gasteiger partial charge in [-0.15, -0.1) is 0 Å². The quantitative estimate of drug-likeness (QED) is 0.309. The fourth-order valence-corrected chi connectivity index (χ4v) is 6.49. The number of nitrogens with one attached hydrogen (secondary N) is 1. The molecule has 1 fully saturated rings. The molecule has 2 aliphatic rings. The van der Waals surface area contributed by atoms with Gasteiger partial charge in [0.25, 0.3) is 0 Å². The maximum atomic E-state index is 14.3. The molecule has 0 aliphatic carbocycles. The van der Waals surface area contributed by atoms with Gasteiger partial charge in [0.2, 0.25) is 5.91 Å². The standard InChI is InChI=1S/C32H33F6N3O2/c1-3-39-29(42)30(27-10-6-7-11-28(27)43-2,23-16-24(31(33,34)35)18-25(17-23)32(36,37)38)41-14-12-26(13-15-41)40-19-21-8-4-5-9-22(21)20-40/h4-11,16-18,26H,3,12-15,19-20H2,1-2H3,(H,39,42). The Balaban J connectivity index is 1.65. The van der Waals surface area contributed by atoms with Crippen LogP contribution in [0.2, 0.25) is 0 Å². The molecule has 5 nitrogen and oxygen atoms in total. The summed E-state index contributed by atoms with van der Waals surface area (Å²) in [6.07, 6.45) is -9.03. The summed E-state index contributed by atoms with van der Waals surface area (Å²) in [6, 6.07) is 16.0. The van der Waals surface area contributed by atoms with Gasteiger partial charge < -0.3 is 10.1 Å². The van der Waals surface area contributed by atoms with Crippen molar-refractivity contribution in [1.82, 2.24) is 15.1 Å². The first-order valence-electron chi connectivity index (χ1n) is 14.2. The van der Waals surface area contributed by atoms with E-state index >= 15 is 0 Å². The van der Waals surface area contributed by atoms with Crippen LogP contribution >= 0.6 is 0 Å². The van der Waals surface area contributed by atoms with E-state index in [9.17, 15) is 31.1 Å². The van der Waals surface area contributed by atoms with Gasteiger partial charge >= 0.3 is 12.4 Å². The van der Waals surface area contributed by atoms with Gasteiger partial charge in [0.05, 0.1) is 18.2 Å². The van der Waals surface area contributed by atoms with E-state index in [0.29, 0.717) is 25.0 Å². The number of carbonyl (C=O) groups excluding carboxylic acids is 1. The van der Waals surface area contributed by atoms with Gasteiger partial charge in [-0.1, -0.05) is 42.5 Å². The second-order valence-electron chi connectivity index (χ2n) is 11.0. The number of rotatable bonds is 7. The maximum Gasteiger partial charge on any atom is 0.416 e. The molecule has 0 spiro atoms. The Morgan fingerprint density at radius 3 is 1.86 bits per heavy atom. The third-order valence-corrected chi connectivity index (χ3v) is 8.49. The van der Waals surface area contributed by atoms with Gasteiger partial charge in [0.15, 0.2) is 5.54 Å². The van der Waals surface area contributed by atoms with Gasteiger partial charge in [-0.3, -0.25) is 14.6 Å². The molecule has 230 valence electrons. The Bertz CT molecular complexity index is 1410. The SMILES string of the molecule is CCNC(=O)C(c1cc(C(F)(F)F)cc(C(F)(F)F)c1)(c1ccccc1OC)N1CCC(N2Cc3ccccc3C2)CC1. The van der Waals surface area contributed by atoms with Gasteiger partial charge in [0, 0.05) is 44.3 Å². The number of likely N-dealkylation sites (tertiary alicyclic amines) is 1. The number of ether oxygens (including phenoxy) is 1. The molecule has 5 rings (SSSR count). The van der Waals surface area contributed by atoms with Crippen LogP contribution in [-0.4, -0.2) is 48.5 Å². The number of para-hydroxylation sites is 1. The van der Waals surface area contributed by atoms with E-state index in [2.05, 4.69) is 22.3 Å². The van der Waals surface area contributed by atoms with Gasteiger partial charge in [0.1, 0.15) is 5.75 Å². The molecule has 1 amide bonds. The zero-order chi connectivity index (χ0) is 31.0.